The molecule has 0 amide bonds. The van der Waals surface area contributed by atoms with Crippen LogP contribution in [0.3, 0.4) is 0 Å². The number of carbonyl (C=O) groups excluding carboxylic acids is 2. The van der Waals surface area contributed by atoms with Gasteiger partial charge in [-0.25, -0.2) is 0 Å². The van der Waals surface area contributed by atoms with Gasteiger partial charge in [0.05, 0.1) is 19.8 Å². The number of hydrogen-bond acceptors (Lipinski definition) is 5. The van der Waals surface area contributed by atoms with Crippen molar-refractivity contribution in [3.8, 4) is 0 Å². The predicted molar refractivity (Wildman–Crippen MR) is 58.1 cm³/mol. The van der Waals surface area contributed by atoms with Gasteiger partial charge in [-0.15, -0.1) is 0 Å². The van der Waals surface area contributed by atoms with E-state index < -0.39 is 11.9 Å². The Balaban J connectivity index is 3.86. The van der Waals surface area contributed by atoms with Gasteiger partial charge >= 0.3 is 5.97 Å². The number of rotatable bonds is 9. The molecule has 0 aromatic heterocycles. The summed E-state index contributed by atoms with van der Waals surface area (Å²) in [7, 11) is 1.58. The Morgan fingerprint density at radius 2 is 1.88 bits per heavy atom. The lowest BCUT2D eigenvalue weighted by Crippen LogP contribution is -2.26. The summed E-state index contributed by atoms with van der Waals surface area (Å²) in [4.78, 5) is 22.6. The van der Waals surface area contributed by atoms with E-state index in [9.17, 15) is 9.59 Å². The summed E-state index contributed by atoms with van der Waals surface area (Å²) < 4.78 is 14.8. The molecule has 1 atom stereocenters. The maximum atomic E-state index is 11.4. The first-order valence-electron chi connectivity index (χ1n) is 5.37. The zero-order valence-electron chi connectivity index (χ0n) is 10.2. The zero-order valence-corrected chi connectivity index (χ0v) is 10.2. The standard InChI is InChI=1S/C11H20O5/c1-4-16-11(13)10(9(2)12)5-6-15-8-7-14-3/h10H,4-8H2,1-3H3. The molecule has 16 heavy (non-hydrogen) atoms. The number of Topliss-reactive ketones (excluding diaryl/α,β-unsaturated/α-hetero) is 1. The molecule has 0 N–H and O–H groups in total. The molecule has 0 heterocycles. The lowest BCUT2D eigenvalue weighted by molar-refractivity contribution is -0.151. The molecule has 0 aromatic rings. The van der Waals surface area contributed by atoms with Gasteiger partial charge < -0.3 is 14.2 Å². The van der Waals surface area contributed by atoms with Gasteiger partial charge in [0.15, 0.2) is 0 Å². The number of carbonyl (C=O) groups is 2. The van der Waals surface area contributed by atoms with Crippen LogP contribution in [-0.2, 0) is 23.8 Å². The van der Waals surface area contributed by atoms with Gasteiger partial charge in [-0.2, -0.15) is 0 Å². The Morgan fingerprint density at radius 1 is 1.19 bits per heavy atom. The third-order valence-corrected chi connectivity index (χ3v) is 2.04. The van der Waals surface area contributed by atoms with Crippen molar-refractivity contribution in [1.29, 1.82) is 0 Å². The van der Waals surface area contributed by atoms with Crippen LogP contribution in [0, 0.1) is 5.92 Å². The van der Waals surface area contributed by atoms with Crippen LogP contribution in [-0.4, -0.2) is 45.3 Å². The number of ketones is 1. The smallest absolute Gasteiger partial charge is 0.316 e. The summed E-state index contributed by atoms with van der Waals surface area (Å²) >= 11 is 0. The topological polar surface area (TPSA) is 61.8 Å². The SMILES string of the molecule is CCOC(=O)C(CCOCCOC)C(C)=O. The molecule has 0 aliphatic rings. The predicted octanol–water partition coefficient (Wildman–Crippen LogP) is 0.808. The molecule has 1 unspecified atom stereocenters. The lowest BCUT2D eigenvalue weighted by Gasteiger charge is -2.12. The first-order chi connectivity index (χ1) is 7.63. The van der Waals surface area contributed by atoms with E-state index in [1.807, 2.05) is 0 Å². The molecule has 0 aliphatic carbocycles. The van der Waals surface area contributed by atoms with E-state index in [0.717, 1.165) is 0 Å². The molecular formula is C11H20O5. The van der Waals surface area contributed by atoms with E-state index >= 15 is 0 Å². The number of methoxy groups -OCH3 is 1. The molecule has 0 spiro atoms. The Bertz CT molecular complexity index is 214. The Labute approximate surface area is 96.1 Å². The third kappa shape index (κ3) is 6.53. The van der Waals surface area contributed by atoms with Crippen LogP contribution in [0.5, 0.6) is 0 Å². The van der Waals surface area contributed by atoms with Crippen LogP contribution in [0.2, 0.25) is 0 Å². The fourth-order valence-corrected chi connectivity index (χ4v) is 1.18. The Morgan fingerprint density at radius 3 is 2.38 bits per heavy atom. The fraction of sp³-hybridized carbons (Fsp3) is 0.818. The van der Waals surface area contributed by atoms with Gasteiger partial charge in [-0.05, 0) is 20.3 Å². The first kappa shape index (κ1) is 15.1. The molecule has 0 saturated heterocycles. The summed E-state index contributed by atoms with van der Waals surface area (Å²) in [5, 5.41) is 0. The molecule has 0 radical (unpaired) electrons. The van der Waals surface area contributed by atoms with Crippen LogP contribution >= 0.6 is 0 Å². The molecule has 0 fully saturated rings. The molecule has 94 valence electrons. The molecule has 0 bridgehead atoms. The van der Waals surface area contributed by atoms with E-state index in [2.05, 4.69) is 0 Å². The van der Waals surface area contributed by atoms with Crippen LogP contribution in [0.4, 0.5) is 0 Å². The van der Waals surface area contributed by atoms with Crippen molar-refractivity contribution >= 4 is 11.8 Å². The van der Waals surface area contributed by atoms with Crippen LogP contribution in [0.15, 0.2) is 0 Å². The number of ether oxygens (including phenoxy) is 3. The van der Waals surface area contributed by atoms with Crippen molar-refractivity contribution in [2.24, 2.45) is 5.92 Å². The highest BCUT2D eigenvalue weighted by atomic mass is 16.5. The third-order valence-electron chi connectivity index (χ3n) is 2.04. The second kappa shape index (κ2) is 9.30. The molecular weight excluding hydrogens is 212 g/mol. The molecule has 0 aromatic carbocycles. The van der Waals surface area contributed by atoms with Crippen LogP contribution < -0.4 is 0 Å². The van der Waals surface area contributed by atoms with E-state index in [-0.39, 0.29) is 12.4 Å². The molecule has 5 nitrogen and oxygen atoms in total. The highest BCUT2D eigenvalue weighted by Gasteiger charge is 2.24. The normalized spacial score (nSPS) is 12.2. The summed E-state index contributed by atoms with van der Waals surface area (Å²) in [6, 6.07) is 0. The van der Waals surface area contributed by atoms with Crippen LogP contribution in [0.25, 0.3) is 0 Å². The number of hydrogen-bond donors (Lipinski definition) is 0. The zero-order chi connectivity index (χ0) is 12.4. The average molecular weight is 232 g/mol. The van der Waals surface area contributed by atoms with E-state index in [1.165, 1.54) is 6.92 Å². The quantitative estimate of drug-likeness (QED) is 0.334. The second-order valence-electron chi connectivity index (χ2n) is 3.31. The maximum Gasteiger partial charge on any atom is 0.316 e. The van der Waals surface area contributed by atoms with Gasteiger partial charge in [-0.3, -0.25) is 9.59 Å². The van der Waals surface area contributed by atoms with Crippen molar-refractivity contribution in [3.63, 3.8) is 0 Å². The highest BCUT2D eigenvalue weighted by molar-refractivity contribution is 5.97. The summed E-state index contributed by atoms with van der Waals surface area (Å²) in [6.45, 7) is 4.70. The average Bonchev–Trinajstić information content (AvgIpc) is 2.23. The van der Waals surface area contributed by atoms with Gasteiger partial charge in [-0.1, -0.05) is 0 Å². The lowest BCUT2D eigenvalue weighted by atomic mass is 10.0. The summed E-state index contributed by atoms with van der Waals surface area (Å²) in [6.07, 6.45) is 0.359. The van der Waals surface area contributed by atoms with Gasteiger partial charge in [0, 0.05) is 13.7 Å². The second-order valence-corrected chi connectivity index (χ2v) is 3.31. The monoisotopic (exact) mass is 232 g/mol. The van der Waals surface area contributed by atoms with Crippen molar-refractivity contribution in [2.75, 3.05) is 33.5 Å². The molecule has 0 saturated carbocycles. The van der Waals surface area contributed by atoms with Crippen molar-refractivity contribution in [3.05, 3.63) is 0 Å². The number of esters is 1. The minimum absolute atomic E-state index is 0.186. The van der Waals surface area contributed by atoms with Crippen molar-refractivity contribution in [1.82, 2.24) is 0 Å². The van der Waals surface area contributed by atoms with E-state index in [4.69, 9.17) is 14.2 Å². The Kier molecular flexibility index (Phi) is 8.75. The van der Waals surface area contributed by atoms with E-state index in [1.54, 1.807) is 14.0 Å². The van der Waals surface area contributed by atoms with Crippen molar-refractivity contribution in [2.45, 2.75) is 20.3 Å². The molecule has 5 heteroatoms. The summed E-state index contributed by atoms with van der Waals surface area (Å²) in [5.41, 5.74) is 0. The maximum absolute atomic E-state index is 11.4. The minimum Gasteiger partial charge on any atom is -0.465 e. The minimum atomic E-state index is -0.706. The van der Waals surface area contributed by atoms with Gasteiger partial charge in [0.25, 0.3) is 0 Å². The van der Waals surface area contributed by atoms with Crippen molar-refractivity contribution < 1.29 is 23.8 Å². The van der Waals surface area contributed by atoms with E-state index in [0.29, 0.717) is 26.2 Å². The molecule has 0 rings (SSSR count). The molecule has 0 aliphatic heterocycles. The van der Waals surface area contributed by atoms with Crippen LogP contribution in [0.1, 0.15) is 20.3 Å². The Hall–Kier alpha value is -0.940. The largest absolute Gasteiger partial charge is 0.465 e. The van der Waals surface area contributed by atoms with Gasteiger partial charge in [0.1, 0.15) is 11.7 Å². The first-order valence-corrected chi connectivity index (χ1v) is 5.37. The van der Waals surface area contributed by atoms with Gasteiger partial charge in [0.2, 0.25) is 0 Å². The fourth-order valence-electron chi connectivity index (χ4n) is 1.18. The highest BCUT2D eigenvalue weighted by Crippen LogP contribution is 2.07. The summed E-state index contributed by atoms with van der Waals surface area (Å²) in [5.74, 6) is -1.36.